The minimum Gasteiger partial charge on any atom is -0.341 e. The van der Waals surface area contributed by atoms with Crippen LogP contribution in [0.5, 0.6) is 0 Å². The molecule has 5 aromatic rings. The summed E-state index contributed by atoms with van der Waals surface area (Å²) in [5.74, 6) is 0. The third-order valence-electron chi connectivity index (χ3n) is 4.89. The van der Waals surface area contributed by atoms with Crippen molar-refractivity contribution in [1.82, 2.24) is 9.97 Å². The lowest BCUT2D eigenvalue weighted by molar-refractivity contribution is -0.384. The maximum Gasteiger partial charge on any atom is 0.277 e. The minimum atomic E-state index is -0.373. The van der Waals surface area contributed by atoms with Crippen molar-refractivity contribution in [3.8, 4) is 11.1 Å². The zero-order valence-electron chi connectivity index (χ0n) is 14.0. The highest BCUT2D eigenvalue weighted by Gasteiger charge is 2.16. The van der Waals surface area contributed by atoms with Gasteiger partial charge in [-0.3, -0.25) is 14.9 Å². The Balaban J connectivity index is 1.89. The average Bonchev–Trinajstić information content (AvgIpc) is 3.05. The minimum absolute atomic E-state index is 0.0648. The number of nitro groups is 1. The fourth-order valence-corrected chi connectivity index (χ4v) is 3.69. The second-order valence-electron chi connectivity index (χ2n) is 6.41. The van der Waals surface area contributed by atoms with Crippen LogP contribution in [0.15, 0.2) is 71.5 Å². The summed E-state index contributed by atoms with van der Waals surface area (Å²) in [5.41, 5.74) is 2.74. The molecule has 6 nitrogen and oxygen atoms in total. The molecule has 0 unspecified atom stereocenters. The second-order valence-corrected chi connectivity index (χ2v) is 6.41. The van der Waals surface area contributed by atoms with E-state index in [0.29, 0.717) is 16.6 Å². The maximum atomic E-state index is 12.3. The first kappa shape index (κ1) is 15.3. The summed E-state index contributed by atoms with van der Waals surface area (Å²) in [7, 11) is 0. The van der Waals surface area contributed by atoms with Crippen LogP contribution in [-0.2, 0) is 0 Å². The molecule has 0 saturated heterocycles. The first-order valence-electron chi connectivity index (χ1n) is 8.44. The van der Waals surface area contributed by atoms with E-state index in [1.54, 1.807) is 24.3 Å². The molecule has 0 radical (unpaired) electrons. The summed E-state index contributed by atoms with van der Waals surface area (Å²) in [4.78, 5) is 29.5. The standard InChI is InChI=1S/C21H13N3O3/c25-21-15-7-2-1-6-14(15)19-16-11-12(9-10-17(16)22-20(19)23-21)13-5-3-4-8-18(13)24(26)27/h1-11H,(H2,22,23,25). The van der Waals surface area contributed by atoms with Crippen molar-refractivity contribution < 1.29 is 4.92 Å². The molecule has 0 atom stereocenters. The molecule has 5 rings (SSSR count). The first-order chi connectivity index (χ1) is 13.1. The number of hydrogen-bond donors (Lipinski definition) is 2. The van der Waals surface area contributed by atoms with Gasteiger partial charge in [-0.25, -0.2) is 0 Å². The Kier molecular flexibility index (Phi) is 3.14. The topological polar surface area (TPSA) is 91.8 Å². The third kappa shape index (κ3) is 2.23. The van der Waals surface area contributed by atoms with E-state index in [1.807, 2.05) is 36.4 Å². The van der Waals surface area contributed by atoms with Gasteiger partial charge in [-0.1, -0.05) is 36.4 Å². The number of benzene rings is 3. The van der Waals surface area contributed by atoms with Gasteiger partial charge in [-0.2, -0.15) is 0 Å². The molecule has 0 fully saturated rings. The predicted molar refractivity (Wildman–Crippen MR) is 106 cm³/mol. The van der Waals surface area contributed by atoms with Crippen LogP contribution >= 0.6 is 0 Å². The molecule has 130 valence electrons. The van der Waals surface area contributed by atoms with E-state index >= 15 is 0 Å². The Bertz CT molecular complexity index is 1430. The highest BCUT2D eigenvalue weighted by molar-refractivity contribution is 6.19. The van der Waals surface area contributed by atoms with Gasteiger partial charge in [0.2, 0.25) is 0 Å². The molecule has 0 aliphatic heterocycles. The Morgan fingerprint density at radius 1 is 0.815 bits per heavy atom. The monoisotopic (exact) mass is 355 g/mol. The maximum absolute atomic E-state index is 12.3. The lowest BCUT2D eigenvalue weighted by atomic mass is 10.00. The quantitative estimate of drug-likeness (QED) is 0.354. The zero-order valence-corrected chi connectivity index (χ0v) is 14.0. The van der Waals surface area contributed by atoms with Gasteiger partial charge in [-0.05, 0) is 35.2 Å². The molecule has 0 bridgehead atoms. The van der Waals surface area contributed by atoms with E-state index in [0.717, 1.165) is 27.2 Å². The van der Waals surface area contributed by atoms with Crippen molar-refractivity contribution >= 4 is 38.4 Å². The Hall–Kier alpha value is -3.93. The largest absolute Gasteiger partial charge is 0.341 e. The molecule has 2 N–H and O–H groups in total. The van der Waals surface area contributed by atoms with E-state index in [4.69, 9.17) is 0 Å². The molecule has 27 heavy (non-hydrogen) atoms. The lowest BCUT2D eigenvalue weighted by Gasteiger charge is -2.04. The summed E-state index contributed by atoms with van der Waals surface area (Å²) in [6.07, 6.45) is 0. The number of pyridine rings is 1. The van der Waals surface area contributed by atoms with Crippen molar-refractivity contribution in [2.45, 2.75) is 0 Å². The average molecular weight is 355 g/mol. The van der Waals surface area contributed by atoms with Crippen LogP contribution in [0.3, 0.4) is 0 Å². The van der Waals surface area contributed by atoms with Gasteiger partial charge in [0.25, 0.3) is 11.2 Å². The van der Waals surface area contributed by atoms with Crippen LogP contribution in [0.4, 0.5) is 5.69 Å². The van der Waals surface area contributed by atoms with Crippen LogP contribution in [-0.4, -0.2) is 14.9 Å². The summed E-state index contributed by atoms with van der Waals surface area (Å²) in [5, 5.41) is 14.7. The molecule has 2 aromatic heterocycles. The third-order valence-corrected chi connectivity index (χ3v) is 4.89. The van der Waals surface area contributed by atoms with Gasteiger partial charge >= 0.3 is 0 Å². The highest BCUT2D eigenvalue weighted by Crippen LogP contribution is 2.35. The highest BCUT2D eigenvalue weighted by atomic mass is 16.6. The molecule has 0 aliphatic carbocycles. The molecule has 0 amide bonds. The molecular formula is C21H13N3O3. The molecule has 0 saturated carbocycles. The molecular weight excluding hydrogens is 342 g/mol. The first-order valence-corrected chi connectivity index (χ1v) is 8.44. The SMILES string of the molecule is O=c1[nH]c2[nH]c3ccc(-c4ccccc4[N+](=O)[O-])cc3c2c2ccccc12. The van der Waals surface area contributed by atoms with Gasteiger partial charge in [-0.15, -0.1) is 0 Å². The number of aromatic amines is 2. The predicted octanol–water partition coefficient (Wildman–Crippen LogP) is 4.74. The Morgan fingerprint density at radius 3 is 2.37 bits per heavy atom. The van der Waals surface area contributed by atoms with Crippen molar-refractivity contribution in [2.24, 2.45) is 0 Å². The Labute approximate surface area is 152 Å². The molecule has 3 aromatic carbocycles. The van der Waals surface area contributed by atoms with Gasteiger partial charge in [0.15, 0.2) is 0 Å². The van der Waals surface area contributed by atoms with Crippen LogP contribution in [0.2, 0.25) is 0 Å². The summed E-state index contributed by atoms with van der Waals surface area (Å²) >= 11 is 0. The van der Waals surface area contributed by atoms with Crippen LogP contribution in [0, 0.1) is 10.1 Å². The molecule has 6 heteroatoms. The summed E-state index contributed by atoms with van der Waals surface area (Å²) in [6, 6.07) is 19.8. The number of H-pyrrole nitrogens is 2. The van der Waals surface area contributed by atoms with Crippen molar-refractivity contribution in [3.05, 3.63) is 87.2 Å². The number of rotatable bonds is 2. The fourth-order valence-electron chi connectivity index (χ4n) is 3.69. The number of nitrogens with one attached hydrogen (secondary N) is 2. The van der Waals surface area contributed by atoms with E-state index in [-0.39, 0.29) is 16.2 Å². The van der Waals surface area contributed by atoms with Crippen molar-refractivity contribution in [2.75, 3.05) is 0 Å². The summed E-state index contributed by atoms with van der Waals surface area (Å²) < 4.78 is 0. The number of hydrogen-bond acceptors (Lipinski definition) is 3. The van der Waals surface area contributed by atoms with Crippen LogP contribution in [0.25, 0.3) is 43.8 Å². The van der Waals surface area contributed by atoms with Crippen LogP contribution in [0.1, 0.15) is 0 Å². The number of nitrogens with zero attached hydrogens (tertiary/aromatic N) is 1. The van der Waals surface area contributed by atoms with E-state index in [9.17, 15) is 14.9 Å². The van der Waals surface area contributed by atoms with E-state index in [1.165, 1.54) is 6.07 Å². The van der Waals surface area contributed by atoms with E-state index in [2.05, 4.69) is 9.97 Å². The molecule has 0 spiro atoms. The summed E-state index contributed by atoms with van der Waals surface area (Å²) in [6.45, 7) is 0. The smallest absolute Gasteiger partial charge is 0.277 e. The second kappa shape index (κ2) is 5.54. The molecule has 2 heterocycles. The van der Waals surface area contributed by atoms with E-state index < -0.39 is 0 Å². The fraction of sp³-hybridized carbons (Fsp3) is 0. The number of para-hydroxylation sites is 1. The molecule has 0 aliphatic rings. The number of nitro benzene ring substituents is 1. The number of fused-ring (bicyclic) bond motifs is 5. The Morgan fingerprint density at radius 2 is 1.56 bits per heavy atom. The zero-order chi connectivity index (χ0) is 18.5. The van der Waals surface area contributed by atoms with Crippen LogP contribution < -0.4 is 5.56 Å². The van der Waals surface area contributed by atoms with Gasteiger partial charge in [0.05, 0.1) is 10.5 Å². The van der Waals surface area contributed by atoms with Crippen molar-refractivity contribution in [1.29, 1.82) is 0 Å². The van der Waals surface area contributed by atoms with Crippen molar-refractivity contribution in [3.63, 3.8) is 0 Å². The van der Waals surface area contributed by atoms with Gasteiger partial charge in [0, 0.05) is 27.7 Å². The van der Waals surface area contributed by atoms with Gasteiger partial charge < -0.3 is 9.97 Å². The lowest BCUT2D eigenvalue weighted by Crippen LogP contribution is -2.05. The van der Waals surface area contributed by atoms with Gasteiger partial charge in [0.1, 0.15) is 5.65 Å². The number of aromatic nitrogens is 2. The normalized spacial score (nSPS) is 11.4.